The Morgan fingerprint density at radius 3 is 2.72 bits per heavy atom. The van der Waals surface area contributed by atoms with Gasteiger partial charge in [-0.1, -0.05) is 12.1 Å². The normalized spacial score (nSPS) is 16.2. The molecule has 2 aromatic rings. The van der Waals surface area contributed by atoms with Crippen molar-refractivity contribution < 1.29 is 19.1 Å². The van der Waals surface area contributed by atoms with Gasteiger partial charge in [-0.3, -0.25) is 0 Å². The minimum Gasteiger partial charge on any atom is -0.485 e. The lowest BCUT2D eigenvalue weighted by Crippen LogP contribution is -2.12. The lowest BCUT2D eigenvalue weighted by molar-refractivity contribution is 0.0654. The number of carbonyl (C=O) groups is 1. The molecule has 1 aliphatic rings. The predicted octanol–water partition coefficient (Wildman–Crippen LogP) is 3.45. The molecular formula is C14H14O4. The minimum atomic E-state index is -1.08. The van der Waals surface area contributed by atoms with Gasteiger partial charge in [0, 0.05) is 0 Å². The Labute approximate surface area is 104 Å². The summed E-state index contributed by atoms with van der Waals surface area (Å²) >= 11 is 0. The maximum absolute atomic E-state index is 11.2. The highest BCUT2D eigenvalue weighted by molar-refractivity contribution is 5.97. The lowest BCUT2D eigenvalue weighted by Gasteiger charge is -2.12. The molecule has 0 amide bonds. The van der Waals surface area contributed by atoms with Crippen LogP contribution in [0.3, 0.4) is 0 Å². The molecule has 94 valence electrons. The Bertz CT molecular complexity index is 578. The Kier molecular flexibility index (Phi) is 2.70. The molecule has 1 saturated carbocycles. The van der Waals surface area contributed by atoms with Gasteiger partial charge in [0.1, 0.15) is 5.58 Å². The number of benzene rings is 1. The van der Waals surface area contributed by atoms with Crippen LogP contribution < -0.4 is 4.74 Å². The van der Waals surface area contributed by atoms with E-state index in [0.29, 0.717) is 11.3 Å². The van der Waals surface area contributed by atoms with Crippen LogP contribution in [0.1, 0.15) is 36.2 Å². The van der Waals surface area contributed by atoms with E-state index in [1.165, 1.54) is 0 Å². The Balaban J connectivity index is 2.05. The first kappa shape index (κ1) is 11.1. The summed E-state index contributed by atoms with van der Waals surface area (Å²) in [6.45, 7) is 0. The molecule has 1 N–H and O–H groups in total. The smallest absolute Gasteiger partial charge is 0.375 e. The van der Waals surface area contributed by atoms with Gasteiger partial charge in [0.2, 0.25) is 0 Å². The highest BCUT2D eigenvalue weighted by Crippen LogP contribution is 2.35. The first-order chi connectivity index (χ1) is 8.75. The summed E-state index contributed by atoms with van der Waals surface area (Å²) < 4.78 is 11.2. The maximum Gasteiger partial charge on any atom is 0.375 e. The summed E-state index contributed by atoms with van der Waals surface area (Å²) in [6, 6.07) is 7.25. The molecule has 0 unspecified atom stereocenters. The molecule has 0 atom stereocenters. The number of rotatable bonds is 3. The fraction of sp³-hybridized carbons (Fsp3) is 0.357. The molecule has 0 spiro atoms. The maximum atomic E-state index is 11.2. The van der Waals surface area contributed by atoms with Crippen LogP contribution in [-0.2, 0) is 0 Å². The molecule has 0 radical (unpaired) electrons. The van der Waals surface area contributed by atoms with Gasteiger partial charge in [0.25, 0.3) is 5.76 Å². The summed E-state index contributed by atoms with van der Waals surface area (Å²) in [5.41, 5.74) is 0.558. The van der Waals surface area contributed by atoms with E-state index in [1.807, 2.05) is 18.2 Å². The molecule has 0 bridgehead atoms. The van der Waals surface area contributed by atoms with Gasteiger partial charge in [-0.25, -0.2) is 4.79 Å². The first-order valence-electron chi connectivity index (χ1n) is 6.17. The van der Waals surface area contributed by atoms with Crippen molar-refractivity contribution >= 4 is 16.9 Å². The average Bonchev–Trinajstić information content (AvgIpc) is 2.98. The second-order valence-corrected chi connectivity index (χ2v) is 4.59. The van der Waals surface area contributed by atoms with Gasteiger partial charge in [0.15, 0.2) is 5.75 Å². The first-order valence-corrected chi connectivity index (χ1v) is 6.17. The largest absolute Gasteiger partial charge is 0.485 e. The van der Waals surface area contributed by atoms with Crippen molar-refractivity contribution in [1.29, 1.82) is 0 Å². The molecule has 4 nitrogen and oxygen atoms in total. The van der Waals surface area contributed by atoms with E-state index in [4.69, 9.17) is 14.3 Å². The van der Waals surface area contributed by atoms with Crippen molar-refractivity contribution in [1.82, 2.24) is 0 Å². The zero-order valence-electron chi connectivity index (χ0n) is 9.89. The number of para-hydroxylation sites is 1. The number of furan rings is 1. The second-order valence-electron chi connectivity index (χ2n) is 4.59. The number of fused-ring (bicyclic) bond motifs is 1. The van der Waals surface area contributed by atoms with Crippen LogP contribution in [0, 0.1) is 0 Å². The topological polar surface area (TPSA) is 59.7 Å². The van der Waals surface area contributed by atoms with Crippen molar-refractivity contribution in [3.8, 4) is 5.75 Å². The van der Waals surface area contributed by atoms with E-state index in [0.717, 1.165) is 31.1 Å². The van der Waals surface area contributed by atoms with Gasteiger partial charge in [-0.15, -0.1) is 0 Å². The van der Waals surface area contributed by atoms with Crippen LogP contribution in [0.5, 0.6) is 5.75 Å². The standard InChI is InChI=1S/C14H14O4/c15-14(16)13-12(17-9-5-1-2-6-9)10-7-3-4-8-11(10)18-13/h3-4,7-9H,1-2,5-6H2,(H,15,16). The van der Waals surface area contributed by atoms with Crippen LogP contribution in [0.25, 0.3) is 11.0 Å². The van der Waals surface area contributed by atoms with Crippen LogP contribution in [0.4, 0.5) is 0 Å². The second kappa shape index (κ2) is 4.37. The number of hydrogen-bond donors (Lipinski definition) is 1. The van der Waals surface area contributed by atoms with E-state index in [-0.39, 0.29) is 11.9 Å². The van der Waals surface area contributed by atoms with E-state index in [2.05, 4.69) is 0 Å². The van der Waals surface area contributed by atoms with E-state index in [1.54, 1.807) is 6.07 Å². The van der Waals surface area contributed by atoms with E-state index >= 15 is 0 Å². The molecule has 1 aromatic heterocycles. The fourth-order valence-electron chi connectivity index (χ4n) is 2.45. The van der Waals surface area contributed by atoms with Gasteiger partial charge in [-0.05, 0) is 37.8 Å². The molecular weight excluding hydrogens is 232 g/mol. The van der Waals surface area contributed by atoms with E-state index < -0.39 is 5.97 Å². The van der Waals surface area contributed by atoms with Crippen molar-refractivity contribution in [2.75, 3.05) is 0 Å². The Hall–Kier alpha value is -1.97. The minimum absolute atomic E-state index is 0.0944. The van der Waals surface area contributed by atoms with E-state index in [9.17, 15) is 4.79 Å². The Morgan fingerprint density at radius 1 is 1.28 bits per heavy atom. The molecule has 4 heteroatoms. The number of carboxylic acid groups (broad SMARTS) is 1. The molecule has 0 saturated heterocycles. The molecule has 0 aliphatic heterocycles. The van der Waals surface area contributed by atoms with Crippen molar-refractivity contribution in [2.24, 2.45) is 0 Å². The highest BCUT2D eigenvalue weighted by Gasteiger charge is 2.25. The molecule has 18 heavy (non-hydrogen) atoms. The predicted molar refractivity (Wildman–Crippen MR) is 66.1 cm³/mol. The fourth-order valence-corrected chi connectivity index (χ4v) is 2.45. The molecule has 1 fully saturated rings. The van der Waals surface area contributed by atoms with Gasteiger partial charge in [0.05, 0.1) is 11.5 Å². The number of aromatic carboxylic acids is 1. The van der Waals surface area contributed by atoms with Gasteiger partial charge >= 0.3 is 5.97 Å². The monoisotopic (exact) mass is 246 g/mol. The van der Waals surface area contributed by atoms with Crippen molar-refractivity contribution in [2.45, 2.75) is 31.8 Å². The molecule has 1 aromatic carbocycles. The number of carboxylic acids is 1. The number of ether oxygens (including phenoxy) is 1. The van der Waals surface area contributed by atoms with Crippen LogP contribution in [0.15, 0.2) is 28.7 Å². The van der Waals surface area contributed by atoms with Crippen molar-refractivity contribution in [3.63, 3.8) is 0 Å². The number of hydrogen-bond acceptors (Lipinski definition) is 3. The van der Waals surface area contributed by atoms with Gasteiger partial charge < -0.3 is 14.3 Å². The summed E-state index contributed by atoms with van der Waals surface area (Å²) in [5.74, 6) is -0.799. The zero-order chi connectivity index (χ0) is 12.5. The van der Waals surface area contributed by atoms with Crippen LogP contribution in [0.2, 0.25) is 0 Å². The average molecular weight is 246 g/mol. The lowest BCUT2D eigenvalue weighted by atomic mass is 10.2. The van der Waals surface area contributed by atoms with Crippen LogP contribution in [-0.4, -0.2) is 17.2 Å². The third-order valence-electron chi connectivity index (χ3n) is 3.33. The summed E-state index contributed by atoms with van der Waals surface area (Å²) in [6.07, 6.45) is 4.37. The third-order valence-corrected chi connectivity index (χ3v) is 3.33. The summed E-state index contributed by atoms with van der Waals surface area (Å²) in [7, 11) is 0. The summed E-state index contributed by atoms with van der Waals surface area (Å²) in [5, 5.41) is 9.90. The van der Waals surface area contributed by atoms with Gasteiger partial charge in [-0.2, -0.15) is 0 Å². The zero-order valence-corrected chi connectivity index (χ0v) is 9.89. The SMILES string of the molecule is O=C(O)c1oc2ccccc2c1OC1CCCC1. The molecule has 3 rings (SSSR count). The van der Waals surface area contributed by atoms with Crippen LogP contribution >= 0.6 is 0 Å². The van der Waals surface area contributed by atoms with Crippen molar-refractivity contribution in [3.05, 3.63) is 30.0 Å². The quantitative estimate of drug-likeness (QED) is 0.901. The molecule has 1 aliphatic carbocycles. The summed E-state index contributed by atoms with van der Waals surface area (Å²) in [4.78, 5) is 11.2. The Morgan fingerprint density at radius 2 is 2.00 bits per heavy atom. The molecule has 1 heterocycles. The third kappa shape index (κ3) is 1.83. The highest BCUT2D eigenvalue weighted by atomic mass is 16.5.